The number of rotatable bonds is 7. The van der Waals surface area contributed by atoms with Crippen LogP contribution in [0.1, 0.15) is 29.3 Å². The van der Waals surface area contributed by atoms with Crippen molar-refractivity contribution < 1.29 is 9.53 Å². The maximum Gasteiger partial charge on any atom is 0.407 e. The molecule has 2 aromatic rings. The molecule has 0 spiro atoms. The summed E-state index contributed by atoms with van der Waals surface area (Å²) in [5, 5.41) is 2.72. The number of hydrogen-bond donors (Lipinski definition) is 1. The zero-order valence-electron chi connectivity index (χ0n) is 12.4. The molecule has 0 saturated carbocycles. The predicted octanol–water partition coefficient (Wildman–Crippen LogP) is 4.67. The van der Waals surface area contributed by atoms with Crippen molar-refractivity contribution in [3.05, 3.63) is 71.8 Å². The monoisotopic (exact) mass is 317 g/mol. The molecule has 1 unspecified atom stereocenters. The van der Waals surface area contributed by atoms with Gasteiger partial charge >= 0.3 is 6.09 Å². The Morgan fingerprint density at radius 3 is 2.36 bits per heavy atom. The molecule has 0 aliphatic carbocycles. The summed E-state index contributed by atoms with van der Waals surface area (Å²) in [4.78, 5) is 11.6. The normalized spacial score (nSPS) is 11.7. The third-order valence-electron chi connectivity index (χ3n) is 3.28. The average molecular weight is 318 g/mol. The number of halogens is 1. The van der Waals surface area contributed by atoms with Gasteiger partial charge in [-0.15, -0.1) is 11.6 Å². The Bertz CT molecular complexity index is 560. The minimum absolute atomic E-state index is 0.0247. The van der Waals surface area contributed by atoms with E-state index in [1.807, 2.05) is 60.7 Å². The first-order valence-corrected chi connectivity index (χ1v) is 7.83. The molecule has 4 heteroatoms. The highest BCUT2D eigenvalue weighted by Gasteiger charge is 2.07. The quantitative estimate of drug-likeness (QED) is 0.595. The summed E-state index contributed by atoms with van der Waals surface area (Å²) < 4.78 is 5.14. The fraction of sp³-hybridized carbons (Fsp3) is 0.278. The van der Waals surface area contributed by atoms with Gasteiger partial charge in [-0.3, -0.25) is 0 Å². The van der Waals surface area contributed by atoms with E-state index < -0.39 is 6.09 Å². The number of benzene rings is 2. The summed E-state index contributed by atoms with van der Waals surface area (Å²) in [7, 11) is 0. The van der Waals surface area contributed by atoms with Gasteiger partial charge in [0.15, 0.2) is 0 Å². The summed E-state index contributed by atoms with van der Waals surface area (Å²) in [6.07, 6.45) is 1.23. The van der Waals surface area contributed by atoms with Crippen molar-refractivity contribution in [2.45, 2.75) is 24.8 Å². The van der Waals surface area contributed by atoms with Crippen LogP contribution in [-0.4, -0.2) is 12.6 Å². The molecule has 0 radical (unpaired) electrons. The molecule has 3 nitrogen and oxygen atoms in total. The van der Waals surface area contributed by atoms with Gasteiger partial charge in [0.25, 0.3) is 0 Å². The lowest BCUT2D eigenvalue weighted by atomic mass is 10.1. The van der Waals surface area contributed by atoms with Crippen molar-refractivity contribution in [1.29, 1.82) is 0 Å². The molecule has 0 fully saturated rings. The summed E-state index contributed by atoms with van der Waals surface area (Å²) in [5.41, 5.74) is 2.08. The second kappa shape index (κ2) is 9.11. The lowest BCUT2D eigenvalue weighted by molar-refractivity contribution is 0.139. The van der Waals surface area contributed by atoms with Gasteiger partial charge in [0, 0.05) is 6.54 Å². The van der Waals surface area contributed by atoms with E-state index in [1.165, 1.54) is 0 Å². The third-order valence-corrected chi connectivity index (χ3v) is 3.75. The van der Waals surface area contributed by atoms with Crippen molar-refractivity contribution >= 4 is 17.7 Å². The van der Waals surface area contributed by atoms with Crippen LogP contribution in [0.15, 0.2) is 60.7 Å². The van der Waals surface area contributed by atoms with Gasteiger partial charge in [0.05, 0.1) is 5.38 Å². The van der Waals surface area contributed by atoms with Crippen LogP contribution in [0.4, 0.5) is 4.79 Å². The SMILES string of the molecule is O=C(NCCCC(Cl)c1ccccc1)OCc1ccccc1. The summed E-state index contributed by atoms with van der Waals surface area (Å²) in [6, 6.07) is 19.6. The Labute approximate surface area is 136 Å². The number of alkyl carbamates (subject to hydrolysis) is 1. The number of amides is 1. The van der Waals surface area contributed by atoms with Gasteiger partial charge in [0.2, 0.25) is 0 Å². The topological polar surface area (TPSA) is 38.3 Å². The summed E-state index contributed by atoms with van der Waals surface area (Å²) >= 11 is 6.32. The van der Waals surface area contributed by atoms with Crippen LogP contribution >= 0.6 is 11.6 Å². The van der Waals surface area contributed by atoms with Crippen LogP contribution in [0.5, 0.6) is 0 Å². The molecule has 0 bridgehead atoms. The maximum atomic E-state index is 11.6. The minimum atomic E-state index is -0.394. The smallest absolute Gasteiger partial charge is 0.407 e. The number of nitrogens with one attached hydrogen (secondary N) is 1. The zero-order valence-corrected chi connectivity index (χ0v) is 13.1. The zero-order chi connectivity index (χ0) is 15.6. The van der Waals surface area contributed by atoms with E-state index in [1.54, 1.807) is 0 Å². The number of ether oxygens (including phenoxy) is 1. The number of carbonyl (C=O) groups excluding carboxylic acids is 1. The average Bonchev–Trinajstić information content (AvgIpc) is 2.58. The van der Waals surface area contributed by atoms with Crippen molar-refractivity contribution in [3.63, 3.8) is 0 Å². The van der Waals surface area contributed by atoms with E-state index in [0.717, 1.165) is 24.0 Å². The molecule has 1 N–H and O–H groups in total. The molecular formula is C18H20ClNO2. The Hall–Kier alpha value is -2.00. The molecule has 0 heterocycles. The van der Waals surface area contributed by atoms with E-state index in [-0.39, 0.29) is 12.0 Å². The van der Waals surface area contributed by atoms with Crippen molar-refractivity contribution in [3.8, 4) is 0 Å². The van der Waals surface area contributed by atoms with Gasteiger partial charge in [-0.2, -0.15) is 0 Å². The number of carbonyl (C=O) groups is 1. The van der Waals surface area contributed by atoms with Crippen molar-refractivity contribution in [2.24, 2.45) is 0 Å². The number of hydrogen-bond acceptors (Lipinski definition) is 2. The Kier molecular flexibility index (Phi) is 6.78. The minimum Gasteiger partial charge on any atom is -0.445 e. The van der Waals surface area contributed by atoms with Gasteiger partial charge in [-0.1, -0.05) is 60.7 Å². The fourth-order valence-corrected chi connectivity index (χ4v) is 2.37. The van der Waals surface area contributed by atoms with Crippen LogP contribution in [0.3, 0.4) is 0 Å². The molecule has 116 valence electrons. The van der Waals surface area contributed by atoms with Gasteiger partial charge < -0.3 is 10.1 Å². The highest BCUT2D eigenvalue weighted by molar-refractivity contribution is 6.20. The maximum absolute atomic E-state index is 11.6. The first-order chi connectivity index (χ1) is 10.8. The number of alkyl halides is 1. The van der Waals surface area contributed by atoms with Crippen molar-refractivity contribution in [1.82, 2.24) is 5.32 Å². The van der Waals surface area contributed by atoms with Gasteiger partial charge in [-0.05, 0) is 24.0 Å². The third kappa shape index (κ3) is 5.78. The molecule has 0 aromatic heterocycles. The molecule has 22 heavy (non-hydrogen) atoms. The predicted molar refractivity (Wildman–Crippen MR) is 88.9 cm³/mol. The molecular weight excluding hydrogens is 298 g/mol. The van der Waals surface area contributed by atoms with E-state index in [0.29, 0.717) is 6.54 Å². The lowest BCUT2D eigenvalue weighted by Crippen LogP contribution is -2.25. The van der Waals surface area contributed by atoms with E-state index in [2.05, 4.69) is 5.32 Å². The van der Waals surface area contributed by atoms with Gasteiger partial charge in [-0.25, -0.2) is 4.79 Å². The molecule has 0 aliphatic rings. The molecule has 2 rings (SSSR count). The van der Waals surface area contributed by atoms with Gasteiger partial charge in [0.1, 0.15) is 6.61 Å². The molecule has 2 aromatic carbocycles. The van der Waals surface area contributed by atoms with Crippen LogP contribution < -0.4 is 5.32 Å². The highest BCUT2D eigenvalue weighted by atomic mass is 35.5. The molecule has 0 saturated heterocycles. The van der Waals surface area contributed by atoms with Crippen LogP contribution in [0, 0.1) is 0 Å². The highest BCUT2D eigenvalue weighted by Crippen LogP contribution is 2.24. The molecule has 0 aliphatic heterocycles. The summed E-state index contributed by atoms with van der Waals surface area (Å²) in [6.45, 7) is 0.846. The fourth-order valence-electron chi connectivity index (χ4n) is 2.07. The molecule has 1 amide bonds. The van der Waals surface area contributed by atoms with E-state index >= 15 is 0 Å². The van der Waals surface area contributed by atoms with Crippen LogP contribution in [0.2, 0.25) is 0 Å². The Morgan fingerprint density at radius 1 is 1.05 bits per heavy atom. The lowest BCUT2D eigenvalue weighted by Gasteiger charge is -2.10. The summed E-state index contributed by atoms with van der Waals surface area (Å²) in [5.74, 6) is 0. The largest absolute Gasteiger partial charge is 0.445 e. The van der Waals surface area contributed by atoms with E-state index in [4.69, 9.17) is 16.3 Å². The standard InChI is InChI=1S/C18H20ClNO2/c19-17(16-10-5-2-6-11-16)12-7-13-20-18(21)22-14-15-8-3-1-4-9-15/h1-6,8-11,17H,7,12-14H2,(H,20,21). The van der Waals surface area contributed by atoms with Crippen LogP contribution in [-0.2, 0) is 11.3 Å². The second-order valence-electron chi connectivity index (χ2n) is 5.01. The first-order valence-electron chi connectivity index (χ1n) is 7.39. The Morgan fingerprint density at radius 2 is 1.68 bits per heavy atom. The van der Waals surface area contributed by atoms with Crippen molar-refractivity contribution in [2.75, 3.05) is 6.54 Å². The Balaban J connectivity index is 1.59. The van der Waals surface area contributed by atoms with Crippen LogP contribution in [0.25, 0.3) is 0 Å². The second-order valence-corrected chi connectivity index (χ2v) is 5.54. The molecule has 1 atom stereocenters. The van der Waals surface area contributed by atoms with E-state index in [9.17, 15) is 4.79 Å². The first kappa shape index (κ1) is 16.4.